The standard InChI is InChI=1S/C23H24N8O5/c1-14-3-4-15(2)17(9-14)25-21-26-22(28-23(27-21)30-5-7-34-8-6-30)29-24-12-16-10-19-20(36-13-35-19)11-18(16)31(32)33/h3-4,9-12H,5-8,13H2,1-2H3,(H2,25,26,27,28,29)/b24-12-. The van der Waals surface area contributed by atoms with Gasteiger partial charge in [-0.3, -0.25) is 10.1 Å². The zero-order valence-corrected chi connectivity index (χ0v) is 19.7. The first kappa shape index (κ1) is 23.2. The molecule has 1 fully saturated rings. The number of anilines is 4. The van der Waals surface area contributed by atoms with E-state index < -0.39 is 4.92 Å². The molecule has 0 spiro atoms. The number of morpholine rings is 1. The van der Waals surface area contributed by atoms with E-state index in [2.05, 4.69) is 30.8 Å². The highest BCUT2D eigenvalue weighted by molar-refractivity contribution is 5.87. The quantitative estimate of drug-likeness (QED) is 0.284. The van der Waals surface area contributed by atoms with E-state index in [0.717, 1.165) is 16.8 Å². The molecule has 1 aromatic heterocycles. The first-order valence-electron chi connectivity index (χ1n) is 11.3. The van der Waals surface area contributed by atoms with E-state index in [9.17, 15) is 10.1 Å². The number of nitro benzene ring substituents is 1. The Kier molecular flexibility index (Phi) is 6.45. The second-order valence-electron chi connectivity index (χ2n) is 8.22. The lowest BCUT2D eigenvalue weighted by atomic mass is 10.1. The van der Waals surface area contributed by atoms with Gasteiger partial charge in [0.1, 0.15) is 0 Å². The van der Waals surface area contributed by atoms with Gasteiger partial charge >= 0.3 is 0 Å². The van der Waals surface area contributed by atoms with E-state index in [0.29, 0.717) is 49.7 Å². The van der Waals surface area contributed by atoms with Crippen LogP contribution in [0.5, 0.6) is 11.5 Å². The van der Waals surface area contributed by atoms with Gasteiger partial charge in [0.2, 0.25) is 24.6 Å². The highest BCUT2D eigenvalue weighted by atomic mass is 16.7. The summed E-state index contributed by atoms with van der Waals surface area (Å²) in [7, 11) is 0. The van der Waals surface area contributed by atoms with Crippen molar-refractivity contribution in [3.8, 4) is 11.5 Å². The van der Waals surface area contributed by atoms with Gasteiger partial charge in [-0.05, 0) is 37.1 Å². The third kappa shape index (κ3) is 5.10. The number of rotatable bonds is 7. The normalized spacial score (nSPS) is 14.8. The van der Waals surface area contributed by atoms with Gasteiger partial charge in [0.05, 0.1) is 36.0 Å². The summed E-state index contributed by atoms with van der Waals surface area (Å²) in [4.78, 5) is 26.5. The Labute approximate surface area is 206 Å². The lowest BCUT2D eigenvalue weighted by Crippen LogP contribution is -2.37. The minimum absolute atomic E-state index is 0.0106. The van der Waals surface area contributed by atoms with E-state index in [1.54, 1.807) is 0 Å². The fourth-order valence-corrected chi connectivity index (χ4v) is 3.73. The van der Waals surface area contributed by atoms with Crippen molar-refractivity contribution >= 4 is 35.4 Å². The van der Waals surface area contributed by atoms with Crippen LogP contribution in [0, 0.1) is 24.0 Å². The number of aryl methyl sites for hydroxylation is 2. The van der Waals surface area contributed by atoms with Crippen LogP contribution in [0.1, 0.15) is 16.7 Å². The van der Waals surface area contributed by atoms with Gasteiger partial charge in [0.15, 0.2) is 11.5 Å². The molecule has 2 aliphatic heterocycles. The molecular weight excluding hydrogens is 468 g/mol. The second-order valence-corrected chi connectivity index (χ2v) is 8.22. The molecule has 0 bridgehead atoms. The molecule has 3 aromatic rings. The molecule has 2 aliphatic rings. The maximum Gasteiger partial charge on any atom is 0.282 e. The van der Waals surface area contributed by atoms with Crippen molar-refractivity contribution in [3.63, 3.8) is 0 Å². The highest BCUT2D eigenvalue weighted by Crippen LogP contribution is 2.37. The van der Waals surface area contributed by atoms with E-state index in [4.69, 9.17) is 14.2 Å². The molecule has 1 saturated heterocycles. The van der Waals surface area contributed by atoms with Crippen LogP contribution >= 0.6 is 0 Å². The Morgan fingerprint density at radius 1 is 1.06 bits per heavy atom. The zero-order chi connectivity index (χ0) is 25.1. The molecule has 0 aliphatic carbocycles. The molecule has 0 saturated carbocycles. The number of nitrogens with one attached hydrogen (secondary N) is 2. The molecule has 186 valence electrons. The topological polar surface area (TPSA) is 149 Å². The molecular formula is C23H24N8O5. The van der Waals surface area contributed by atoms with Crippen LogP contribution in [-0.4, -0.2) is 59.2 Å². The monoisotopic (exact) mass is 492 g/mol. The Hall–Kier alpha value is -4.52. The Balaban J connectivity index is 1.43. The number of hydrogen-bond acceptors (Lipinski definition) is 12. The van der Waals surface area contributed by atoms with Crippen LogP contribution < -0.4 is 25.1 Å². The predicted molar refractivity (Wildman–Crippen MR) is 132 cm³/mol. The largest absolute Gasteiger partial charge is 0.454 e. The van der Waals surface area contributed by atoms with Gasteiger partial charge in [0, 0.05) is 18.8 Å². The summed E-state index contributed by atoms with van der Waals surface area (Å²) in [6.45, 7) is 6.43. The van der Waals surface area contributed by atoms with Gasteiger partial charge in [-0.1, -0.05) is 12.1 Å². The van der Waals surface area contributed by atoms with Crippen LogP contribution in [0.2, 0.25) is 0 Å². The second kappa shape index (κ2) is 10.00. The van der Waals surface area contributed by atoms with Crippen LogP contribution in [0.3, 0.4) is 0 Å². The molecule has 5 rings (SSSR count). The minimum Gasteiger partial charge on any atom is -0.454 e. The van der Waals surface area contributed by atoms with Crippen molar-refractivity contribution in [1.82, 2.24) is 15.0 Å². The molecule has 2 N–H and O–H groups in total. The van der Waals surface area contributed by atoms with Gasteiger partial charge < -0.3 is 24.4 Å². The summed E-state index contributed by atoms with van der Waals surface area (Å²) in [5, 5.41) is 18.9. The Bertz CT molecular complexity index is 1330. The summed E-state index contributed by atoms with van der Waals surface area (Å²) < 4.78 is 16.0. The molecule has 13 heteroatoms. The van der Waals surface area contributed by atoms with E-state index in [1.807, 2.05) is 36.9 Å². The van der Waals surface area contributed by atoms with Crippen molar-refractivity contribution in [2.45, 2.75) is 13.8 Å². The van der Waals surface area contributed by atoms with Gasteiger partial charge in [-0.25, -0.2) is 5.43 Å². The fraction of sp³-hybridized carbons (Fsp3) is 0.304. The third-order valence-corrected chi connectivity index (χ3v) is 5.64. The number of hydrogen-bond donors (Lipinski definition) is 2. The predicted octanol–water partition coefficient (Wildman–Crippen LogP) is 3.15. The first-order chi connectivity index (χ1) is 17.5. The first-order valence-corrected chi connectivity index (χ1v) is 11.3. The molecule has 0 atom stereocenters. The van der Waals surface area contributed by atoms with Crippen molar-refractivity contribution in [2.75, 3.05) is 48.7 Å². The van der Waals surface area contributed by atoms with E-state index in [-0.39, 0.29) is 24.0 Å². The van der Waals surface area contributed by atoms with Crippen molar-refractivity contribution in [1.29, 1.82) is 0 Å². The number of nitrogens with zero attached hydrogens (tertiary/aromatic N) is 6. The summed E-state index contributed by atoms with van der Waals surface area (Å²) in [5.41, 5.74) is 5.87. The molecule has 36 heavy (non-hydrogen) atoms. The average molecular weight is 492 g/mol. The van der Waals surface area contributed by atoms with Gasteiger partial charge in [-0.15, -0.1) is 0 Å². The van der Waals surface area contributed by atoms with Crippen LogP contribution in [0.15, 0.2) is 35.4 Å². The number of aromatic nitrogens is 3. The number of fused-ring (bicyclic) bond motifs is 1. The highest BCUT2D eigenvalue weighted by Gasteiger charge is 2.23. The SMILES string of the molecule is Cc1ccc(C)c(Nc2nc(N/N=C\c3cc4c(cc3[N+](=O)[O-])OCO4)nc(N3CCOCC3)n2)c1. The van der Waals surface area contributed by atoms with Gasteiger partial charge in [0.25, 0.3) is 5.69 Å². The summed E-state index contributed by atoms with van der Waals surface area (Å²) in [6, 6.07) is 8.88. The van der Waals surface area contributed by atoms with Crippen molar-refractivity contribution < 1.29 is 19.1 Å². The number of benzene rings is 2. The van der Waals surface area contributed by atoms with Crippen molar-refractivity contribution in [3.05, 3.63) is 57.1 Å². The lowest BCUT2D eigenvalue weighted by Gasteiger charge is -2.27. The van der Waals surface area contributed by atoms with Gasteiger partial charge in [-0.2, -0.15) is 20.1 Å². The number of ether oxygens (including phenoxy) is 3. The molecule has 0 amide bonds. The van der Waals surface area contributed by atoms with Crippen LogP contribution in [0.4, 0.5) is 29.2 Å². The lowest BCUT2D eigenvalue weighted by molar-refractivity contribution is -0.385. The molecule has 0 unspecified atom stereocenters. The fourth-order valence-electron chi connectivity index (χ4n) is 3.73. The Morgan fingerprint density at radius 3 is 2.58 bits per heavy atom. The Morgan fingerprint density at radius 2 is 1.81 bits per heavy atom. The van der Waals surface area contributed by atoms with E-state index >= 15 is 0 Å². The summed E-state index contributed by atoms with van der Waals surface area (Å²) in [6.07, 6.45) is 1.32. The summed E-state index contributed by atoms with van der Waals surface area (Å²) >= 11 is 0. The number of nitro groups is 1. The maximum atomic E-state index is 11.5. The summed E-state index contributed by atoms with van der Waals surface area (Å²) in [5.74, 6) is 1.72. The average Bonchev–Trinajstić information content (AvgIpc) is 3.34. The third-order valence-electron chi connectivity index (χ3n) is 5.64. The number of hydrazone groups is 1. The zero-order valence-electron chi connectivity index (χ0n) is 19.7. The minimum atomic E-state index is -0.505. The maximum absolute atomic E-state index is 11.5. The molecule has 2 aromatic carbocycles. The molecule has 13 nitrogen and oxygen atoms in total. The van der Waals surface area contributed by atoms with Crippen LogP contribution in [-0.2, 0) is 4.74 Å². The smallest absolute Gasteiger partial charge is 0.282 e. The van der Waals surface area contributed by atoms with Crippen molar-refractivity contribution in [2.24, 2.45) is 5.10 Å². The molecule has 0 radical (unpaired) electrons. The van der Waals surface area contributed by atoms with Crippen LogP contribution in [0.25, 0.3) is 0 Å². The molecule has 3 heterocycles. The van der Waals surface area contributed by atoms with E-state index in [1.165, 1.54) is 18.3 Å².